The van der Waals surface area contributed by atoms with Crippen LogP contribution in [0.25, 0.3) is 11.2 Å². The number of hydrogen-bond acceptors (Lipinski definition) is 16. The lowest BCUT2D eigenvalue weighted by atomic mass is 10.1. The van der Waals surface area contributed by atoms with Gasteiger partial charge >= 0.3 is 25.7 Å². The lowest BCUT2D eigenvalue weighted by Gasteiger charge is -2.16. The Hall–Kier alpha value is -6.53. The molecule has 0 spiro atoms. The predicted octanol–water partition coefficient (Wildman–Crippen LogP) is 6.62. The maximum absolute atomic E-state index is 12.7. The van der Waals surface area contributed by atoms with Crippen LogP contribution in [0.3, 0.4) is 0 Å². The first-order valence-corrected chi connectivity index (χ1v) is 21.3. The second-order valence-electron chi connectivity index (χ2n) is 12.6. The molecule has 3 aromatic carbocycles. The van der Waals surface area contributed by atoms with Crippen molar-refractivity contribution >= 4 is 54.4 Å². The van der Waals surface area contributed by atoms with E-state index in [2.05, 4.69) is 25.3 Å². The average Bonchev–Trinajstić information content (AvgIpc) is 3.24. The number of aromatic nitrogens is 4. The molecule has 0 saturated heterocycles. The van der Waals surface area contributed by atoms with Gasteiger partial charge in [-0.25, -0.2) is 19.3 Å². The molecular formula is C42H52N7O12P. The number of phosphoric ester groups is 1. The van der Waals surface area contributed by atoms with E-state index < -0.39 is 37.2 Å². The van der Waals surface area contributed by atoms with E-state index in [1.807, 2.05) is 26.0 Å². The highest BCUT2D eigenvalue weighted by atomic mass is 31.2. The lowest BCUT2D eigenvalue weighted by molar-refractivity contribution is -0.137. The molecule has 0 saturated carbocycles. The zero-order valence-corrected chi connectivity index (χ0v) is 35.9. The third-order valence-electron chi connectivity index (χ3n) is 8.05. The SMILES string of the molecule is CC.CCOP(=O)(OCC)OCCCCc1ccc(OC(=O)c2ccccc2OC(=O)CCCC(=O)O)cc1.NC(=O)c1ccc(NCc2cnc3nc(N)[nH]c(=O)c3n2)cc1. The summed E-state index contributed by atoms with van der Waals surface area (Å²) in [5.41, 5.74) is 13.4. The first kappa shape index (κ1) is 49.8. The van der Waals surface area contributed by atoms with Crippen molar-refractivity contribution in [3.8, 4) is 11.5 Å². The number of aliphatic carboxylic acids is 1. The number of benzene rings is 3. The van der Waals surface area contributed by atoms with Gasteiger partial charge in [-0.3, -0.25) is 37.7 Å². The Morgan fingerprint density at radius 2 is 1.52 bits per heavy atom. The zero-order valence-electron chi connectivity index (χ0n) is 35.0. The Morgan fingerprint density at radius 3 is 2.16 bits per heavy atom. The summed E-state index contributed by atoms with van der Waals surface area (Å²) in [6.45, 7) is 8.51. The molecule has 0 atom stereocenters. The quantitative estimate of drug-likeness (QED) is 0.0224. The summed E-state index contributed by atoms with van der Waals surface area (Å²) in [6, 6.07) is 19.9. The van der Waals surface area contributed by atoms with Gasteiger partial charge in [-0.2, -0.15) is 4.98 Å². The van der Waals surface area contributed by atoms with Gasteiger partial charge in [-0.15, -0.1) is 0 Å². The number of nitrogens with one attached hydrogen (secondary N) is 2. The number of unbranched alkanes of at least 4 members (excludes halogenated alkanes) is 1. The fourth-order valence-electron chi connectivity index (χ4n) is 5.20. The van der Waals surface area contributed by atoms with E-state index >= 15 is 0 Å². The van der Waals surface area contributed by atoms with Crippen LogP contribution in [-0.4, -0.2) is 68.7 Å². The van der Waals surface area contributed by atoms with Crippen LogP contribution < -0.4 is 31.8 Å². The minimum absolute atomic E-state index is 0.00258. The molecule has 0 aliphatic rings. The Bertz CT molecular complexity index is 2330. The number of nitrogens with two attached hydrogens (primary N) is 2. The number of rotatable bonds is 21. The van der Waals surface area contributed by atoms with E-state index in [-0.39, 0.29) is 67.5 Å². The molecule has 0 fully saturated rings. The van der Waals surface area contributed by atoms with Gasteiger partial charge < -0.3 is 31.4 Å². The number of ether oxygens (including phenoxy) is 2. The van der Waals surface area contributed by atoms with E-state index in [1.54, 1.807) is 62.4 Å². The molecule has 0 bridgehead atoms. The minimum Gasteiger partial charge on any atom is -0.481 e. The van der Waals surface area contributed by atoms with Crippen molar-refractivity contribution in [3.63, 3.8) is 0 Å². The fraction of sp³-hybridized carbons (Fsp3) is 0.333. The summed E-state index contributed by atoms with van der Waals surface area (Å²) < 4.78 is 38.4. The van der Waals surface area contributed by atoms with Gasteiger partial charge in [-0.05, 0) is 93.6 Å². The largest absolute Gasteiger partial charge is 0.481 e. The van der Waals surface area contributed by atoms with Gasteiger partial charge in [0.15, 0.2) is 11.2 Å². The van der Waals surface area contributed by atoms with Crippen LogP contribution in [0.15, 0.2) is 83.8 Å². The first-order chi connectivity index (χ1) is 29.8. The van der Waals surface area contributed by atoms with Crippen LogP contribution in [0.1, 0.15) is 91.8 Å². The van der Waals surface area contributed by atoms with Gasteiger partial charge in [0.05, 0.1) is 38.3 Å². The summed E-state index contributed by atoms with van der Waals surface area (Å²) in [7, 11) is -3.50. The molecule has 5 aromatic rings. The summed E-state index contributed by atoms with van der Waals surface area (Å²) in [5, 5.41) is 11.8. The number of amides is 1. The molecule has 20 heteroatoms. The zero-order chi connectivity index (χ0) is 45.5. The molecule has 1 amide bonds. The number of phosphoric acid groups is 1. The number of carboxylic acid groups (broad SMARTS) is 1. The second kappa shape index (κ2) is 25.9. The summed E-state index contributed by atoms with van der Waals surface area (Å²) in [6.07, 6.45) is 3.61. The van der Waals surface area contributed by atoms with Gasteiger partial charge in [-0.1, -0.05) is 38.1 Å². The lowest BCUT2D eigenvalue weighted by Crippen LogP contribution is -2.15. The van der Waals surface area contributed by atoms with E-state index in [4.69, 9.17) is 39.6 Å². The number of aromatic amines is 1. The molecule has 0 aliphatic carbocycles. The smallest absolute Gasteiger partial charge is 0.474 e. The van der Waals surface area contributed by atoms with Crippen molar-refractivity contribution in [2.75, 3.05) is 30.9 Å². The highest BCUT2D eigenvalue weighted by Crippen LogP contribution is 2.49. The van der Waals surface area contributed by atoms with Gasteiger partial charge in [0.25, 0.3) is 5.56 Å². The number of fused-ring (bicyclic) bond motifs is 1. The molecule has 19 nitrogen and oxygen atoms in total. The number of carboxylic acids is 1. The second-order valence-corrected chi connectivity index (χ2v) is 14.3. The maximum atomic E-state index is 12.7. The Kier molecular flexibility index (Phi) is 20.9. The van der Waals surface area contributed by atoms with E-state index in [0.717, 1.165) is 24.1 Å². The van der Waals surface area contributed by atoms with Gasteiger partial charge in [0.1, 0.15) is 17.1 Å². The molecule has 5 rings (SSSR count). The topological polar surface area (TPSA) is 287 Å². The van der Waals surface area contributed by atoms with Crippen LogP contribution in [-0.2, 0) is 40.7 Å². The number of primary amides is 1. The predicted molar refractivity (Wildman–Crippen MR) is 231 cm³/mol. The molecular weight excluding hydrogens is 825 g/mol. The van der Waals surface area contributed by atoms with Crippen molar-refractivity contribution in [1.29, 1.82) is 0 Å². The summed E-state index contributed by atoms with van der Waals surface area (Å²) >= 11 is 0. The molecule has 2 aromatic heterocycles. The van der Waals surface area contributed by atoms with Crippen LogP contribution >= 0.6 is 7.82 Å². The Balaban J connectivity index is 0.000000348. The first-order valence-electron chi connectivity index (χ1n) is 19.8. The van der Waals surface area contributed by atoms with E-state index in [0.29, 0.717) is 30.0 Å². The molecule has 0 radical (unpaired) electrons. The van der Waals surface area contributed by atoms with Crippen LogP contribution in [0, 0.1) is 0 Å². The Morgan fingerprint density at radius 1 is 0.839 bits per heavy atom. The number of nitrogens with zero attached hydrogens (tertiary/aromatic N) is 3. The number of carbonyl (C=O) groups excluding carboxylic acids is 3. The highest BCUT2D eigenvalue weighted by Gasteiger charge is 2.24. The fourth-order valence-corrected chi connectivity index (χ4v) is 6.41. The highest BCUT2D eigenvalue weighted by molar-refractivity contribution is 7.48. The molecule has 2 heterocycles. The molecule has 0 aliphatic heterocycles. The van der Waals surface area contributed by atoms with Crippen molar-refractivity contribution in [3.05, 3.63) is 112 Å². The standard InChI is InChI=1S/C26H33O10P.C14H13N7O2.C2H6/c1-3-32-37(31,33-4-2)34-19-8-7-10-20-15-17-21(18-16-20)35-26(30)22-11-5-6-12-23(22)36-25(29)14-9-13-24(27)28;15-11(22)7-1-3-8(4-2-7)17-5-9-6-18-12-10(19-9)13(23)21-14(16)20-12;1-2/h5-6,11-12,15-18H,3-4,7-10,13-14,19H2,1-2H3,(H,27,28);1-4,6,17H,5H2,(H2,15,22)(H3,16,18,20,21,23);1-2H3. The number of aryl methyl sites for hydroxylation is 1. The monoisotopic (exact) mass is 877 g/mol. The third-order valence-corrected chi connectivity index (χ3v) is 9.70. The van der Waals surface area contributed by atoms with Gasteiger partial charge in [0, 0.05) is 24.1 Å². The van der Waals surface area contributed by atoms with E-state index in [9.17, 15) is 28.5 Å². The molecule has 62 heavy (non-hydrogen) atoms. The number of para-hydroxylation sites is 1. The van der Waals surface area contributed by atoms with Crippen LogP contribution in [0.2, 0.25) is 0 Å². The normalized spacial score (nSPS) is 10.7. The minimum atomic E-state index is -3.50. The summed E-state index contributed by atoms with van der Waals surface area (Å²) in [4.78, 5) is 72.6. The van der Waals surface area contributed by atoms with Crippen molar-refractivity contribution < 1.29 is 51.9 Å². The number of esters is 2. The average molecular weight is 878 g/mol. The maximum Gasteiger partial charge on any atom is 0.474 e. The molecule has 332 valence electrons. The van der Waals surface area contributed by atoms with Crippen molar-refractivity contribution in [1.82, 2.24) is 19.9 Å². The number of H-pyrrole nitrogens is 1. The third kappa shape index (κ3) is 16.8. The Labute approximate surface area is 358 Å². The number of nitrogen functional groups attached to an aromatic ring is 1. The van der Waals surface area contributed by atoms with E-state index in [1.165, 1.54) is 18.3 Å². The molecule has 7 N–H and O–H groups in total. The number of anilines is 2. The van der Waals surface area contributed by atoms with Crippen LogP contribution in [0.4, 0.5) is 11.6 Å². The summed E-state index contributed by atoms with van der Waals surface area (Å²) in [5.74, 6) is -2.43. The van der Waals surface area contributed by atoms with Crippen molar-refractivity contribution in [2.45, 2.75) is 72.8 Å². The molecule has 0 unspecified atom stereocenters. The number of hydrogen-bond donors (Lipinski definition) is 5. The number of carbonyl (C=O) groups is 4. The van der Waals surface area contributed by atoms with Crippen molar-refractivity contribution in [2.24, 2.45) is 5.73 Å². The van der Waals surface area contributed by atoms with Gasteiger partial charge in [0.2, 0.25) is 11.9 Å². The van der Waals surface area contributed by atoms with Crippen LogP contribution in [0.5, 0.6) is 11.5 Å².